The minimum Gasteiger partial charge on any atom is -0.341 e. The predicted molar refractivity (Wildman–Crippen MR) is 141 cm³/mol. The van der Waals surface area contributed by atoms with Crippen molar-refractivity contribution in [3.63, 3.8) is 0 Å². The van der Waals surface area contributed by atoms with Gasteiger partial charge in [0.05, 0.1) is 17.6 Å². The Kier molecular flexibility index (Phi) is 5.41. The number of nitrogens with zero attached hydrogens (tertiary/aromatic N) is 2. The fraction of sp³-hybridized carbons (Fsp3) is 0.0769. The van der Waals surface area contributed by atoms with Crippen molar-refractivity contribution in [2.24, 2.45) is 0 Å². The standard InChI is InChI=1S/C26H20N4O2P2/c31-13-33-25-27-12-23(29-25)16-3-1-15(2-4-16)17-5-6-18-11-21-19(10-20(18)9-17)7-8-22-24(21)30-26(28-22)34-14-32/h1-6,9-14,33-34H,7-8H2,(H,27,29)(H,28,30). The van der Waals surface area contributed by atoms with Gasteiger partial charge in [0, 0.05) is 28.4 Å². The zero-order chi connectivity index (χ0) is 23.1. The van der Waals surface area contributed by atoms with Gasteiger partial charge in [-0.1, -0.05) is 42.5 Å². The highest BCUT2D eigenvalue weighted by molar-refractivity contribution is 7.62. The van der Waals surface area contributed by atoms with E-state index in [1.165, 1.54) is 16.3 Å². The molecule has 166 valence electrons. The van der Waals surface area contributed by atoms with Crippen molar-refractivity contribution in [2.75, 3.05) is 0 Å². The van der Waals surface area contributed by atoms with Gasteiger partial charge in [-0.3, -0.25) is 9.59 Å². The average molecular weight is 482 g/mol. The maximum atomic E-state index is 10.9. The topological polar surface area (TPSA) is 91.5 Å². The Bertz CT molecular complexity index is 1550. The van der Waals surface area contributed by atoms with Gasteiger partial charge in [-0.25, -0.2) is 9.97 Å². The molecule has 2 unspecified atom stereocenters. The first-order valence-corrected chi connectivity index (χ1v) is 13.1. The molecule has 2 heterocycles. The number of carbonyl (C=O) groups excluding carboxylic acids is 2. The molecule has 2 aromatic heterocycles. The van der Waals surface area contributed by atoms with Crippen LogP contribution in [0.5, 0.6) is 0 Å². The van der Waals surface area contributed by atoms with Crippen LogP contribution in [0.25, 0.3) is 44.4 Å². The highest BCUT2D eigenvalue weighted by atomic mass is 31.1. The van der Waals surface area contributed by atoms with Crippen molar-refractivity contribution in [2.45, 2.75) is 12.8 Å². The van der Waals surface area contributed by atoms with E-state index in [4.69, 9.17) is 4.98 Å². The highest BCUT2D eigenvalue weighted by Crippen LogP contribution is 2.36. The molecule has 0 saturated heterocycles. The maximum absolute atomic E-state index is 10.9. The molecule has 1 aliphatic rings. The van der Waals surface area contributed by atoms with E-state index < -0.39 is 0 Å². The summed E-state index contributed by atoms with van der Waals surface area (Å²) < 4.78 is 0. The summed E-state index contributed by atoms with van der Waals surface area (Å²) in [6, 6.07) is 21.2. The monoisotopic (exact) mass is 482 g/mol. The predicted octanol–water partition coefficient (Wildman–Crippen LogP) is 4.37. The molecule has 8 heteroatoms. The summed E-state index contributed by atoms with van der Waals surface area (Å²) >= 11 is 0. The second kappa shape index (κ2) is 8.72. The minimum atomic E-state index is 0.0448. The van der Waals surface area contributed by atoms with Gasteiger partial charge in [0.1, 0.15) is 23.2 Å². The van der Waals surface area contributed by atoms with Gasteiger partial charge < -0.3 is 9.97 Å². The fourth-order valence-electron chi connectivity index (χ4n) is 4.59. The third-order valence-corrected chi connectivity index (χ3v) is 7.51. The molecule has 2 atom stereocenters. The largest absolute Gasteiger partial charge is 0.341 e. The number of benzene rings is 3. The molecule has 0 spiro atoms. The molecule has 6 rings (SSSR count). The highest BCUT2D eigenvalue weighted by Gasteiger charge is 2.21. The van der Waals surface area contributed by atoms with Gasteiger partial charge in [0.2, 0.25) is 0 Å². The van der Waals surface area contributed by atoms with Crippen LogP contribution < -0.4 is 11.1 Å². The van der Waals surface area contributed by atoms with E-state index >= 15 is 0 Å². The number of rotatable bonds is 6. The summed E-state index contributed by atoms with van der Waals surface area (Å²) in [5.74, 6) is 0. The van der Waals surface area contributed by atoms with E-state index in [0.717, 1.165) is 69.8 Å². The number of aromatic nitrogens is 4. The van der Waals surface area contributed by atoms with E-state index in [2.05, 4.69) is 69.5 Å². The van der Waals surface area contributed by atoms with Crippen molar-refractivity contribution in [3.05, 3.63) is 72.1 Å². The number of hydrogen-bond donors (Lipinski definition) is 2. The molecule has 0 radical (unpaired) electrons. The van der Waals surface area contributed by atoms with Crippen molar-refractivity contribution in [1.82, 2.24) is 19.9 Å². The van der Waals surface area contributed by atoms with Crippen LogP contribution in [-0.2, 0) is 22.4 Å². The molecular weight excluding hydrogens is 462 g/mol. The van der Waals surface area contributed by atoms with E-state index in [1.54, 1.807) is 6.20 Å². The molecule has 0 bridgehead atoms. The molecule has 0 aliphatic heterocycles. The minimum absolute atomic E-state index is 0.0448. The quantitative estimate of drug-likeness (QED) is 0.278. The first-order chi connectivity index (χ1) is 16.7. The summed E-state index contributed by atoms with van der Waals surface area (Å²) in [5, 5.41) is 2.39. The van der Waals surface area contributed by atoms with Crippen molar-refractivity contribution in [3.8, 4) is 33.6 Å². The van der Waals surface area contributed by atoms with Crippen LogP contribution in [0.4, 0.5) is 0 Å². The number of nitrogens with one attached hydrogen (secondary N) is 2. The van der Waals surface area contributed by atoms with Crippen molar-refractivity contribution < 1.29 is 9.59 Å². The van der Waals surface area contributed by atoms with Crippen LogP contribution in [0, 0.1) is 0 Å². The third kappa shape index (κ3) is 3.79. The molecule has 2 N–H and O–H groups in total. The number of imidazole rings is 2. The van der Waals surface area contributed by atoms with Crippen molar-refractivity contribution >= 4 is 51.1 Å². The van der Waals surface area contributed by atoms with Crippen LogP contribution in [0.2, 0.25) is 0 Å². The van der Waals surface area contributed by atoms with Crippen molar-refractivity contribution in [1.29, 1.82) is 0 Å². The number of hydrogen-bond acceptors (Lipinski definition) is 4. The first kappa shape index (κ1) is 21.1. The van der Waals surface area contributed by atoms with Gasteiger partial charge in [-0.05, 0) is 58.0 Å². The molecule has 5 aromatic rings. The summed E-state index contributed by atoms with van der Waals surface area (Å²) in [7, 11) is 0.108. The molecule has 34 heavy (non-hydrogen) atoms. The fourth-order valence-corrected chi connectivity index (χ4v) is 5.56. The van der Waals surface area contributed by atoms with Crippen LogP contribution in [-0.4, -0.2) is 32.0 Å². The summed E-state index contributed by atoms with van der Waals surface area (Å²) in [6.07, 6.45) is 3.64. The Balaban J connectivity index is 1.32. The van der Waals surface area contributed by atoms with Gasteiger partial charge in [-0.2, -0.15) is 0 Å². The maximum Gasteiger partial charge on any atom is 0.146 e. The number of H-pyrrole nitrogens is 2. The first-order valence-electron chi connectivity index (χ1n) is 10.9. The molecule has 0 fully saturated rings. The lowest BCUT2D eigenvalue weighted by molar-refractivity contribution is 0.569. The Morgan fingerprint density at radius 1 is 0.765 bits per heavy atom. The number of carbonyl (C=O) groups is 2. The normalized spacial score (nSPS) is 13.1. The zero-order valence-corrected chi connectivity index (χ0v) is 20.1. The summed E-state index contributed by atoms with van der Waals surface area (Å²) in [6.45, 7) is 0. The van der Waals surface area contributed by atoms with Gasteiger partial charge in [0.15, 0.2) is 0 Å². The molecule has 1 aliphatic carbocycles. The Morgan fingerprint density at radius 3 is 2.35 bits per heavy atom. The average Bonchev–Trinajstić information content (AvgIpc) is 3.50. The smallest absolute Gasteiger partial charge is 0.146 e. The van der Waals surface area contributed by atoms with E-state index in [0.29, 0.717) is 5.57 Å². The van der Waals surface area contributed by atoms with Gasteiger partial charge in [0.25, 0.3) is 0 Å². The lowest BCUT2D eigenvalue weighted by Gasteiger charge is -2.16. The Labute approximate surface area is 199 Å². The second-order valence-corrected chi connectivity index (χ2v) is 10.2. The van der Waals surface area contributed by atoms with Crippen LogP contribution in [0.1, 0.15) is 11.3 Å². The second-order valence-electron chi connectivity index (χ2n) is 8.23. The van der Waals surface area contributed by atoms with Crippen LogP contribution in [0.15, 0.2) is 60.8 Å². The van der Waals surface area contributed by atoms with E-state index in [9.17, 15) is 9.59 Å². The van der Waals surface area contributed by atoms with Crippen LogP contribution in [0.3, 0.4) is 0 Å². The lowest BCUT2D eigenvalue weighted by atomic mass is 9.89. The molecule has 3 aromatic carbocycles. The Hall–Kier alpha value is -3.46. The van der Waals surface area contributed by atoms with Gasteiger partial charge >= 0.3 is 0 Å². The van der Waals surface area contributed by atoms with Gasteiger partial charge in [-0.15, -0.1) is 0 Å². The van der Waals surface area contributed by atoms with Crippen LogP contribution >= 0.6 is 17.2 Å². The number of aryl methyl sites for hydroxylation is 2. The lowest BCUT2D eigenvalue weighted by Crippen LogP contribution is -2.03. The molecule has 0 amide bonds. The molecular formula is C26H20N4O2P2. The molecule has 0 saturated carbocycles. The molecule has 6 nitrogen and oxygen atoms in total. The number of fused-ring (bicyclic) bond motifs is 4. The SMILES string of the molecule is O=CPc1ncc(-c2ccc(-c3ccc4cc5c(cc4c3)CCc3[nH]c(PC=O)nc3-5)cc2)[nH]1. The summed E-state index contributed by atoms with van der Waals surface area (Å²) in [4.78, 5) is 37.1. The summed E-state index contributed by atoms with van der Waals surface area (Å²) in [5.41, 5.74) is 10.3. The Morgan fingerprint density at radius 2 is 1.53 bits per heavy atom. The van der Waals surface area contributed by atoms with E-state index in [1.807, 2.05) is 0 Å². The number of aromatic amines is 2. The third-order valence-electron chi connectivity index (χ3n) is 6.24. The van der Waals surface area contributed by atoms with E-state index in [-0.39, 0.29) is 17.2 Å². The zero-order valence-electron chi connectivity index (χ0n) is 18.1.